The average Bonchev–Trinajstić information content (AvgIpc) is 3.00. The summed E-state index contributed by atoms with van der Waals surface area (Å²) >= 11 is 4.82. The third-order valence-corrected chi connectivity index (χ3v) is 5.55. The number of halogens is 1. The number of hydrogen-bond donors (Lipinski definition) is 2. The van der Waals surface area contributed by atoms with E-state index in [0.29, 0.717) is 11.4 Å². The molecule has 0 atom stereocenters. The molecule has 6 heteroatoms. The van der Waals surface area contributed by atoms with Gasteiger partial charge in [-0.3, -0.25) is 4.79 Å². The monoisotopic (exact) mass is 429 g/mol. The Balaban J connectivity index is 1.70. The maximum absolute atomic E-state index is 12.5. The smallest absolute Gasteiger partial charge is 0.263 e. The molecule has 0 bridgehead atoms. The summed E-state index contributed by atoms with van der Waals surface area (Å²) in [5.41, 5.74) is 4.04. The molecular weight excluding hydrogens is 410 g/mol. The SMILES string of the molecule is CCc1ccccc1Nc1nc(C)c(C(=O)NCc2cccc(Br)c2)s1. The van der Waals surface area contributed by atoms with E-state index < -0.39 is 0 Å². The Bertz CT molecular complexity index is 923. The number of para-hydroxylation sites is 1. The molecule has 0 aliphatic rings. The lowest BCUT2D eigenvalue weighted by Crippen LogP contribution is -2.22. The Hall–Kier alpha value is -2.18. The number of aromatic nitrogens is 1. The topological polar surface area (TPSA) is 54.0 Å². The van der Waals surface area contributed by atoms with Gasteiger partial charge in [0.25, 0.3) is 5.91 Å². The van der Waals surface area contributed by atoms with E-state index in [1.807, 2.05) is 49.4 Å². The lowest BCUT2D eigenvalue weighted by molar-refractivity contribution is 0.0954. The highest BCUT2D eigenvalue weighted by molar-refractivity contribution is 9.10. The van der Waals surface area contributed by atoms with Crippen LogP contribution in [0.3, 0.4) is 0 Å². The minimum atomic E-state index is -0.100. The number of amides is 1. The molecule has 0 aliphatic carbocycles. The summed E-state index contributed by atoms with van der Waals surface area (Å²) in [6.45, 7) is 4.47. The minimum Gasteiger partial charge on any atom is -0.347 e. The number of hydrogen-bond acceptors (Lipinski definition) is 4. The highest BCUT2D eigenvalue weighted by Crippen LogP contribution is 2.27. The maximum Gasteiger partial charge on any atom is 0.263 e. The molecule has 134 valence electrons. The first-order valence-electron chi connectivity index (χ1n) is 8.42. The second-order valence-corrected chi connectivity index (χ2v) is 7.80. The molecule has 1 amide bonds. The summed E-state index contributed by atoms with van der Waals surface area (Å²) in [5.74, 6) is -0.100. The molecule has 3 rings (SSSR count). The zero-order valence-corrected chi connectivity index (χ0v) is 17.1. The van der Waals surface area contributed by atoms with Gasteiger partial charge in [-0.25, -0.2) is 4.98 Å². The van der Waals surface area contributed by atoms with Crippen molar-refractivity contribution in [2.75, 3.05) is 5.32 Å². The van der Waals surface area contributed by atoms with Crippen LogP contribution in [0.25, 0.3) is 0 Å². The molecule has 0 unspecified atom stereocenters. The van der Waals surface area contributed by atoms with Crippen LogP contribution in [0.4, 0.5) is 10.8 Å². The molecular formula is C20H20BrN3OS. The van der Waals surface area contributed by atoms with E-state index in [-0.39, 0.29) is 5.91 Å². The highest BCUT2D eigenvalue weighted by Gasteiger charge is 2.15. The van der Waals surface area contributed by atoms with E-state index in [4.69, 9.17) is 0 Å². The molecule has 3 aromatic rings. The molecule has 0 saturated carbocycles. The first kappa shape index (κ1) is 18.6. The van der Waals surface area contributed by atoms with Gasteiger partial charge < -0.3 is 10.6 Å². The number of thiazole rings is 1. The van der Waals surface area contributed by atoms with E-state index in [1.54, 1.807) is 0 Å². The van der Waals surface area contributed by atoms with Gasteiger partial charge in [0.1, 0.15) is 4.88 Å². The lowest BCUT2D eigenvalue weighted by Gasteiger charge is -2.07. The zero-order valence-electron chi connectivity index (χ0n) is 14.7. The van der Waals surface area contributed by atoms with Crippen LogP contribution in [0.1, 0.15) is 33.4 Å². The van der Waals surface area contributed by atoms with Gasteiger partial charge in [-0.2, -0.15) is 0 Å². The van der Waals surface area contributed by atoms with Crippen LogP contribution in [0.15, 0.2) is 53.0 Å². The van der Waals surface area contributed by atoms with Crippen LogP contribution < -0.4 is 10.6 Å². The third-order valence-electron chi connectivity index (χ3n) is 3.98. The van der Waals surface area contributed by atoms with Crippen molar-refractivity contribution < 1.29 is 4.79 Å². The van der Waals surface area contributed by atoms with Crippen molar-refractivity contribution in [2.45, 2.75) is 26.8 Å². The molecule has 0 radical (unpaired) electrons. The summed E-state index contributed by atoms with van der Waals surface area (Å²) < 4.78 is 0.999. The number of anilines is 2. The lowest BCUT2D eigenvalue weighted by atomic mass is 10.1. The predicted octanol–water partition coefficient (Wildman–Crippen LogP) is 5.45. The summed E-state index contributed by atoms with van der Waals surface area (Å²) in [4.78, 5) is 17.7. The fourth-order valence-corrected chi connectivity index (χ4v) is 3.98. The van der Waals surface area contributed by atoms with Gasteiger partial charge in [-0.15, -0.1) is 0 Å². The Morgan fingerprint density at radius 3 is 2.77 bits per heavy atom. The van der Waals surface area contributed by atoms with Crippen LogP contribution in [0.5, 0.6) is 0 Å². The van der Waals surface area contributed by atoms with Crippen LogP contribution >= 0.6 is 27.3 Å². The number of carbonyl (C=O) groups excluding carboxylic acids is 1. The first-order valence-corrected chi connectivity index (χ1v) is 10.0. The van der Waals surface area contributed by atoms with E-state index >= 15 is 0 Å². The quantitative estimate of drug-likeness (QED) is 0.547. The second kappa shape index (κ2) is 8.47. The Morgan fingerprint density at radius 1 is 1.19 bits per heavy atom. The van der Waals surface area contributed by atoms with E-state index in [9.17, 15) is 4.79 Å². The number of aryl methyl sites for hydroxylation is 2. The molecule has 2 N–H and O–H groups in total. The predicted molar refractivity (Wildman–Crippen MR) is 111 cm³/mol. The summed E-state index contributed by atoms with van der Waals surface area (Å²) in [7, 11) is 0. The Kier molecular flexibility index (Phi) is 6.06. The summed E-state index contributed by atoms with van der Waals surface area (Å²) in [6.07, 6.45) is 0.938. The van der Waals surface area contributed by atoms with Crippen molar-refractivity contribution in [1.29, 1.82) is 0 Å². The van der Waals surface area contributed by atoms with Crippen LogP contribution in [-0.4, -0.2) is 10.9 Å². The van der Waals surface area contributed by atoms with Crippen molar-refractivity contribution in [1.82, 2.24) is 10.3 Å². The third kappa shape index (κ3) is 4.51. The fraction of sp³-hybridized carbons (Fsp3) is 0.200. The van der Waals surface area contributed by atoms with Gasteiger partial charge in [0.05, 0.1) is 5.69 Å². The largest absolute Gasteiger partial charge is 0.347 e. The van der Waals surface area contributed by atoms with Crippen molar-refractivity contribution in [2.24, 2.45) is 0 Å². The highest BCUT2D eigenvalue weighted by atomic mass is 79.9. The average molecular weight is 430 g/mol. The van der Waals surface area contributed by atoms with Gasteiger partial charge in [0.15, 0.2) is 5.13 Å². The normalized spacial score (nSPS) is 10.6. The number of nitrogens with zero attached hydrogens (tertiary/aromatic N) is 1. The van der Waals surface area contributed by atoms with Crippen molar-refractivity contribution >= 4 is 44.0 Å². The second-order valence-electron chi connectivity index (χ2n) is 5.88. The van der Waals surface area contributed by atoms with Gasteiger partial charge in [-0.1, -0.05) is 64.5 Å². The number of carbonyl (C=O) groups is 1. The zero-order chi connectivity index (χ0) is 18.5. The Labute approximate surface area is 165 Å². The minimum absolute atomic E-state index is 0.100. The van der Waals surface area contributed by atoms with Crippen molar-refractivity contribution in [3.05, 3.63) is 74.7 Å². The van der Waals surface area contributed by atoms with Crippen molar-refractivity contribution in [3.63, 3.8) is 0 Å². The van der Waals surface area contributed by atoms with Gasteiger partial charge >= 0.3 is 0 Å². The van der Waals surface area contributed by atoms with Gasteiger partial charge in [0.2, 0.25) is 0 Å². The van der Waals surface area contributed by atoms with Crippen LogP contribution in [-0.2, 0) is 13.0 Å². The molecule has 0 fully saturated rings. The fourth-order valence-electron chi connectivity index (χ4n) is 2.64. The molecule has 0 aliphatic heterocycles. The molecule has 0 spiro atoms. The van der Waals surface area contributed by atoms with Gasteiger partial charge in [-0.05, 0) is 42.7 Å². The first-order chi connectivity index (χ1) is 12.6. The Morgan fingerprint density at radius 2 is 2.00 bits per heavy atom. The van der Waals surface area contributed by atoms with Crippen LogP contribution in [0, 0.1) is 6.92 Å². The van der Waals surface area contributed by atoms with Crippen LogP contribution in [0.2, 0.25) is 0 Å². The van der Waals surface area contributed by atoms with E-state index in [2.05, 4.69) is 44.5 Å². The molecule has 1 heterocycles. The van der Waals surface area contributed by atoms with E-state index in [1.165, 1.54) is 16.9 Å². The summed E-state index contributed by atoms with van der Waals surface area (Å²) in [6, 6.07) is 16.0. The maximum atomic E-state index is 12.5. The summed E-state index contributed by atoms with van der Waals surface area (Å²) in [5, 5.41) is 7.04. The molecule has 26 heavy (non-hydrogen) atoms. The standard InChI is InChI=1S/C20H20BrN3OS/c1-3-15-8-4-5-10-17(15)24-20-23-13(2)18(26-20)19(25)22-12-14-7-6-9-16(21)11-14/h4-11H,3,12H2,1-2H3,(H,22,25)(H,23,24). The molecule has 4 nitrogen and oxygen atoms in total. The number of benzene rings is 2. The number of nitrogens with one attached hydrogen (secondary N) is 2. The van der Waals surface area contributed by atoms with Gasteiger partial charge in [0, 0.05) is 16.7 Å². The number of rotatable bonds is 6. The molecule has 0 saturated heterocycles. The molecule has 2 aromatic carbocycles. The van der Waals surface area contributed by atoms with E-state index in [0.717, 1.165) is 33.0 Å². The molecule has 1 aromatic heterocycles. The van der Waals surface area contributed by atoms with Crippen molar-refractivity contribution in [3.8, 4) is 0 Å².